The van der Waals surface area contributed by atoms with E-state index in [1.54, 1.807) is 28.8 Å². The van der Waals surface area contributed by atoms with Crippen molar-refractivity contribution in [2.75, 3.05) is 6.26 Å². The molecule has 0 heterocycles. The number of carbonyl (C=O) groups excluding carboxylic acids is 1. The molecule has 5 heteroatoms. The zero-order valence-corrected chi connectivity index (χ0v) is 13.6. The Labute approximate surface area is 138 Å². The van der Waals surface area contributed by atoms with Crippen LogP contribution in [0.3, 0.4) is 0 Å². The minimum absolute atomic E-state index is 0.108. The maximum atomic E-state index is 13.9. The molecule has 2 aromatic carbocycles. The molecule has 1 saturated carbocycles. The van der Waals surface area contributed by atoms with E-state index >= 15 is 0 Å². The van der Waals surface area contributed by atoms with Gasteiger partial charge in [0.1, 0.15) is 11.6 Å². The van der Waals surface area contributed by atoms with E-state index in [0.29, 0.717) is 11.1 Å². The lowest BCUT2D eigenvalue weighted by Gasteiger charge is -2.23. The highest BCUT2D eigenvalue weighted by Crippen LogP contribution is 2.30. The fourth-order valence-electron chi connectivity index (χ4n) is 2.49. The Morgan fingerprint density at radius 1 is 1.17 bits per heavy atom. The summed E-state index contributed by atoms with van der Waals surface area (Å²) in [5, 5.41) is 0. The van der Waals surface area contributed by atoms with E-state index in [-0.39, 0.29) is 18.5 Å². The molecule has 0 saturated heterocycles. The molecule has 1 amide bonds. The third-order valence-corrected chi connectivity index (χ3v) is 4.68. The second-order valence-electron chi connectivity index (χ2n) is 5.63. The Balaban J connectivity index is 1.81. The second kappa shape index (κ2) is 6.71. The summed E-state index contributed by atoms with van der Waals surface area (Å²) in [6.45, 7) is 0.167. The van der Waals surface area contributed by atoms with Crippen LogP contribution in [0, 0.1) is 11.6 Å². The third-order valence-electron chi connectivity index (χ3n) is 3.94. The van der Waals surface area contributed by atoms with Gasteiger partial charge in [-0.3, -0.25) is 4.79 Å². The smallest absolute Gasteiger partial charge is 0.254 e. The van der Waals surface area contributed by atoms with E-state index in [9.17, 15) is 13.6 Å². The van der Waals surface area contributed by atoms with Crippen LogP contribution < -0.4 is 0 Å². The predicted molar refractivity (Wildman–Crippen MR) is 87.5 cm³/mol. The zero-order valence-electron chi connectivity index (χ0n) is 12.8. The highest BCUT2D eigenvalue weighted by atomic mass is 32.2. The first kappa shape index (κ1) is 16.0. The number of thioether (sulfide) groups is 1. The molecule has 0 N–H and O–H groups in total. The van der Waals surface area contributed by atoms with Gasteiger partial charge in [0.05, 0.1) is 0 Å². The maximum Gasteiger partial charge on any atom is 0.254 e. The Kier molecular flexibility index (Phi) is 4.66. The molecule has 0 radical (unpaired) electrons. The van der Waals surface area contributed by atoms with Gasteiger partial charge in [0, 0.05) is 34.7 Å². The van der Waals surface area contributed by atoms with Crippen molar-refractivity contribution in [3.8, 4) is 0 Å². The van der Waals surface area contributed by atoms with Crippen molar-refractivity contribution >= 4 is 17.7 Å². The van der Waals surface area contributed by atoms with Crippen molar-refractivity contribution < 1.29 is 13.6 Å². The molecule has 23 heavy (non-hydrogen) atoms. The van der Waals surface area contributed by atoms with E-state index in [1.165, 1.54) is 12.1 Å². The summed E-state index contributed by atoms with van der Waals surface area (Å²) in [5.74, 6) is -1.33. The van der Waals surface area contributed by atoms with Gasteiger partial charge in [-0.15, -0.1) is 11.8 Å². The topological polar surface area (TPSA) is 20.3 Å². The summed E-state index contributed by atoms with van der Waals surface area (Å²) < 4.78 is 26.9. The number of rotatable bonds is 5. The van der Waals surface area contributed by atoms with Gasteiger partial charge in [-0.1, -0.05) is 6.07 Å². The zero-order chi connectivity index (χ0) is 16.4. The first-order chi connectivity index (χ1) is 11.1. The fourth-order valence-corrected chi connectivity index (χ4v) is 2.89. The molecule has 0 unspecified atom stereocenters. The van der Waals surface area contributed by atoms with E-state index in [2.05, 4.69) is 0 Å². The number of benzene rings is 2. The van der Waals surface area contributed by atoms with Gasteiger partial charge in [0.25, 0.3) is 5.91 Å². The van der Waals surface area contributed by atoms with E-state index in [1.807, 2.05) is 18.4 Å². The summed E-state index contributed by atoms with van der Waals surface area (Å²) in [6.07, 6.45) is 3.83. The predicted octanol–water partition coefficient (Wildman–Crippen LogP) is 4.49. The minimum Gasteiger partial charge on any atom is -0.331 e. The Morgan fingerprint density at radius 3 is 2.43 bits per heavy atom. The van der Waals surface area contributed by atoms with Crippen LogP contribution in [0.2, 0.25) is 0 Å². The van der Waals surface area contributed by atoms with Crippen LogP contribution >= 0.6 is 11.8 Å². The molecular formula is C18H17F2NOS. The number of amides is 1. The first-order valence-corrected chi connectivity index (χ1v) is 8.70. The molecule has 120 valence electrons. The van der Waals surface area contributed by atoms with Crippen molar-refractivity contribution in [1.29, 1.82) is 0 Å². The SMILES string of the molecule is CSc1ccc(C(=O)N(Cc2ccc(F)cc2F)C2CC2)cc1. The summed E-state index contributed by atoms with van der Waals surface area (Å²) in [4.78, 5) is 15.5. The Hall–Kier alpha value is -1.88. The quantitative estimate of drug-likeness (QED) is 0.751. The molecule has 1 fully saturated rings. The molecule has 2 nitrogen and oxygen atoms in total. The van der Waals surface area contributed by atoms with Gasteiger partial charge in [0.15, 0.2) is 0 Å². The monoisotopic (exact) mass is 333 g/mol. The first-order valence-electron chi connectivity index (χ1n) is 7.47. The minimum atomic E-state index is -0.610. The molecular weight excluding hydrogens is 316 g/mol. The van der Waals surface area contributed by atoms with Crippen LogP contribution in [-0.4, -0.2) is 23.1 Å². The lowest BCUT2D eigenvalue weighted by molar-refractivity contribution is 0.0728. The van der Waals surface area contributed by atoms with Crippen molar-refractivity contribution in [1.82, 2.24) is 4.90 Å². The van der Waals surface area contributed by atoms with Gasteiger partial charge in [-0.2, -0.15) is 0 Å². The highest BCUT2D eigenvalue weighted by Gasteiger charge is 2.33. The molecule has 3 rings (SSSR count). The van der Waals surface area contributed by atoms with Crippen LogP contribution in [-0.2, 0) is 6.54 Å². The summed E-state index contributed by atoms with van der Waals surface area (Å²) in [5.41, 5.74) is 0.935. The maximum absolute atomic E-state index is 13.9. The lowest BCUT2D eigenvalue weighted by Crippen LogP contribution is -2.32. The molecule has 0 atom stereocenters. The summed E-state index contributed by atoms with van der Waals surface area (Å²) in [7, 11) is 0. The number of nitrogens with zero attached hydrogens (tertiary/aromatic N) is 1. The molecule has 0 aliphatic heterocycles. The van der Waals surface area contributed by atoms with Crippen molar-refractivity contribution in [3.63, 3.8) is 0 Å². The Bertz CT molecular complexity index is 713. The highest BCUT2D eigenvalue weighted by molar-refractivity contribution is 7.98. The normalized spacial score (nSPS) is 13.9. The average molecular weight is 333 g/mol. The number of hydrogen-bond donors (Lipinski definition) is 0. The van der Waals surface area contributed by atoms with E-state index in [0.717, 1.165) is 23.8 Å². The summed E-state index contributed by atoms with van der Waals surface area (Å²) >= 11 is 1.61. The van der Waals surface area contributed by atoms with Crippen molar-refractivity contribution in [2.24, 2.45) is 0 Å². The molecule has 1 aliphatic carbocycles. The van der Waals surface area contributed by atoms with Gasteiger partial charge >= 0.3 is 0 Å². The third kappa shape index (κ3) is 3.72. The van der Waals surface area contributed by atoms with Crippen LogP contribution in [0.4, 0.5) is 8.78 Å². The Morgan fingerprint density at radius 2 is 1.87 bits per heavy atom. The number of carbonyl (C=O) groups is 1. The van der Waals surface area contributed by atoms with Gasteiger partial charge in [-0.05, 0) is 49.4 Å². The average Bonchev–Trinajstić information content (AvgIpc) is 3.38. The fraction of sp³-hybridized carbons (Fsp3) is 0.278. The van der Waals surface area contributed by atoms with Crippen LogP contribution in [0.1, 0.15) is 28.8 Å². The van der Waals surface area contributed by atoms with Gasteiger partial charge in [-0.25, -0.2) is 8.78 Å². The molecule has 0 aromatic heterocycles. The molecule has 1 aliphatic rings. The molecule has 2 aromatic rings. The van der Waals surface area contributed by atoms with E-state index in [4.69, 9.17) is 0 Å². The van der Waals surface area contributed by atoms with Crippen LogP contribution in [0.5, 0.6) is 0 Å². The van der Waals surface area contributed by atoms with Gasteiger partial charge in [0.2, 0.25) is 0 Å². The number of halogens is 2. The second-order valence-corrected chi connectivity index (χ2v) is 6.51. The molecule has 0 bridgehead atoms. The largest absolute Gasteiger partial charge is 0.331 e. The van der Waals surface area contributed by atoms with Crippen LogP contribution in [0.25, 0.3) is 0 Å². The summed E-state index contributed by atoms with van der Waals surface area (Å²) in [6, 6.07) is 11.0. The standard InChI is InChI=1S/C18H17F2NOS/c1-23-16-8-3-12(4-9-16)18(22)21(15-6-7-15)11-13-2-5-14(19)10-17(13)20/h2-5,8-10,15H,6-7,11H2,1H3. The van der Waals surface area contributed by atoms with Gasteiger partial charge < -0.3 is 4.90 Å². The van der Waals surface area contributed by atoms with Crippen LogP contribution in [0.15, 0.2) is 47.4 Å². The van der Waals surface area contributed by atoms with Crippen molar-refractivity contribution in [3.05, 3.63) is 65.2 Å². The lowest BCUT2D eigenvalue weighted by atomic mass is 10.1. The van der Waals surface area contributed by atoms with Crippen molar-refractivity contribution in [2.45, 2.75) is 30.3 Å². The van der Waals surface area contributed by atoms with E-state index < -0.39 is 11.6 Å². The molecule has 0 spiro atoms. The number of hydrogen-bond acceptors (Lipinski definition) is 2.